The molecule has 0 atom stereocenters. The van der Waals surface area contributed by atoms with E-state index in [9.17, 15) is 4.79 Å². The van der Waals surface area contributed by atoms with Crippen LogP contribution in [-0.4, -0.2) is 28.0 Å². The van der Waals surface area contributed by atoms with Gasteiger partial charge in [-0.2, -0.15) is 0 Å². The van der Waals surface area contributed by atoms with E-state index in [-0.39, 0.29) is 5.97 Å². The van der Waals surface area contributed by atoms with Gasteiger partial charge in [0.2, 0.25) is 5.95 Å². The van der Waals surface area contributed by atoms with Gasteiger partial charge in [0.05, 0.1) is 18.4 Å². The third-order valence-electron chi connectivity index (χ3n) is 3.54. The first kappa shape index (κ1) is 15.6. The molecule has 3 rings (SSSR count). The Balaban J connectivity index is 1.90. The molecule has 0 radical (unpaired) electrons. The molecular formula is C18H16N4O2. The summed E-state index contributed by atoms with van der Waals surface area (Å²) in [7, 11) is 1.36. The average Bonchev–Trinajstić information content (AvgIpc) is 2.64. The number of hydrogen-bond acceptors (Lipinski definition) is 6. The van der Waals surface area contributed by atoms with E-state index < -0.39 is 0 Å². The lowest BCUT2D eigenvalue weighted by molar-refractivity contribution is 0.0601. The molecule has 0 unspecified atom stereocenters. The molecule has 1 N–H and O–H groups in total. The van der Waals surface area contributed by atoms with Crippen molar-refractivity contribution in [3.63, 3.8) is 0 Å². The highest BCUT2D eigenvalue weighted by molar-refractivity contribution is 5.91. The third kappa shape index (κ3) is 3.38. The number of esters is 1. The second kappa shape index (κ2) is 6.87. The summed E-state index contributed by atoms with van der Waals surface area (Å²) in [5, 5.41) is 3.16. The lowest BCUT2D eigenvalue weighted by Gasteiger charge is -2.10. The monoisotopic (exact) mass is 320 g/mol. The Morgan fingerprint density at radius 2 is 1.88 bits per heavy atom. The molecule has 24 heavy (non-hydrogen) atoms. The van der Waals surface area contributed by atoms with Crippen LogP contribution in [0.5, 0.6) is 0 Å². The first-order valence-corrected chi connectivity index (χ1v) is 7.37. The molecule has 2 aromatic heterocycles. The van der Waals surface area contributed by atoms with Gasteiger partial charge in [-0.1, -0.05) is 6.07 Å². The quantitative estimate of drug-likeness (QED) is 0.743. The SMILES string of the molecule is COC(=O)c1ccc(C)c(Nc2nccc(-c3ccncc3)n2)c1. The fraction of sp³-hybridized carbons (Fsp3) is 0.111. The predicted octanol–water partition coefficient (Wildman–Crippen LogP) is 3.38. The number of pyridine rings is 1. The Labute approximate surface area is 139 Å². The predicted molar refractivity (Wildman–Crippen MR) is 91.1 cm³/mol. The third-order valence-corrected chi connectivity index (χ3v) is 3.54. The standard InChI is InChI=1S/C18H16N4O2/c1-12-3-4-14(17(23)24-2)11-16(12)22-18-20-10-7-15(21-18)13-5-8-19-9-6-13/h3-11H,1-2H3,(H,20,21,22). The molecule has 120 valence electrons. The van der Waals surface area contributed by atoms with Crippen LogP contribution in [0.15, 0.2) is 55.0 Å². The van der Waals surface area contributed by atoms with Gasteiger partial charge in [0, 0.05) is 29.8 Å². The molecule has 0 bridgehead atoms. The van der Waals surface area contributed by atoms with Crippen molar-refractivity contribution in [3.05, 3.63) is 66.1 Å². The van der Waals surface area contributed by atoms with Crippen LogP contribution in [0, 0.1) is 6.92 Å². The Morgan fingerprint density at radius 3 is 2.62 bits per heavy atom. The number of anilines is 2. The lowest BCUT2D eigenvalue weighted by Crippen LogP contribution is -2.04. The van der Waals surface area contributed by atoms with Gasteiger partial charge in [-0.15, -0.1) is 0 Å². The summed E-state index contributed by atoms with van der Waals surface area (Å²) in [4.78, 5) is 24.4. The number of methoxy groups -OCH3 is 1. The Bertz CT molecular complexity index is 866. The van der Waals surface area contributed by atoms with Crippen LogP contribution in [-0.2, 0) is 4.74 Å². The zero-order chi connectivity index (χ0) is 16.9. The maximum atomic E-state index is 11.7. The van der Waals surface area contributed by atoms with Crippen molar-refractivity contribution in [3.8, 4) is 11.3 Å². The number of nitrogens with one attached hydrogen (secondary N) is 1. The normalized spacial score (nSPS) is 10.2. The van der Waals surface area contributed by atoms with Crippen molar-refractivity contribution in [1.82, 2.24) is 15.0 Å². The summed E-state index contributed by atoms with van der Waals surface area (Å²) in [5.74, 6) is 0.0685. The summed E-state index contributed by atoms with van der Waals surface area (Å²) in [6, 6.07) is 10.9. The Kier molecular flexibility index (Phi) is 4.47. The van der Waals surface area contributed by atoms with Gasteiger partial charge in [-0.05, 0) is 42.8 Å². The molecular weight excluding hydrogens is 304 g/mol. The molecule has 6 heteroatoms. The summed E-state index contributed by atoms with van der Waals surface area (Å²) in [6.45, 7) is 1.94. The van der Waals surface area contributed by atoms with Crippen molar-refractivity contribution in [2.45, 2.75) is 6.92 Å². The number of aromatic nitrogens is 3. The van der Waals surface area contributed by atoms with Crippen LogP contribution < -0.4 is 5.32 Å². The van der Waals surface area contributed by atoms with Crippen molar-refractivity contribution in [2.75, 3.05) is 12.4 Å². The number of ether oxygens (including phenoxy) is 1. The molecule has 2 heterocycles. The van der Waals surface area contributed by atoms with Crippen LogP contribution in [0.25, 0.3) is 11.3 Å². The van der Waals surface area contributed by atoms with Crippen molar-refractivity contribution in [1.29, 1.82) is 0 Å². The van der Waals surface area contributed by atoms with Gasteiger partial charge in [-0.25, -0.2) is 14.8 Å². The van der Waals surface area contributed by atoms with E-state index >= 15 is 0 Å². The molecule has 0 fully saturated rings. The highest BCUT2D eigenvalue weighted by Crippen LogP contribution is 2.22. The largest absolute Gasteiger partial charge is 0.465 e. The van der Waals surface area contributed by atoms with Crippen molar-refractivity contribution >= 4 is 17.6 Å². The number of rotatable bonds is 4. The minimum absolute atomic E-state index is 0.385. The van der Waals surface area contributed by atoms with E-state index in [2.05, 4.69) is 20.3 Å². The minimum Gasteiger partial charge on any atom is -0.465 e. The van der Waals surface area contributed by atoms with Gasteiger partial charge in [-0.3, -0.25) is 4.98 Å². The summed E-state index contributed by atoms with van der Waals surface area (Å²) in [5.41, 5.74) is 3.94. The maximum absolute atomic E-state index is 11.7. The molecule has 3 aromatic rings. The lowest BCUT2D eigenvalue weighted by atomic mass is 10.1. The minimum atomic E-state index is -0.385. The van der Waals surface area contributed by atoms with Crippen LogP contribution in [0.4, 0.5) is 11.6 Å². The number of nitrogens with zero attached hydrogens (tertiary/aromatic N) is 3. The van der Waals surface area contributed by atoms with Crippen molar-refractivity contribution in [2.24, 2.45) is 0 Å². The molecule has 0 aliphatic carbocycles. The van der Waals surface area contributed by atoms with E-state index in [1.165, 1.54) is 7.11 Å². The van der Waals surface area contributed by atoms with Crippen LogP contribution >= 0.6 is 0 Å². The zero-order valence-electron chi connectivity index (χ0n) is 13.4. The number of hydrogen-bond donors (Lipinski definition) is 1. The van der Waals surface area contributed by atoms with E-state index in [0.717, 1.165) is 22.5 Å². The number of carbonyl (C=O) groups is 1. The summed E-state index contributed by atoms with van der Waals surface area (Å²) >= 11 is 0. The number of carbonyl (C=O) groups excluding carboxylic acids is 1. The molecule has 0 aliphatic rings. The van der Waals surface area contributed by atoms with Crippen LogP contribution in [0.3, 0.4) is 0 Å². The molecule has 1 aromatic carbocycles. The second-order valence-electron chi connectivity index (χ2n) is 5.15. The fourth-order valence-electron chi connectivity index (χ4n) is 2.22. The molecule has 6 nitrogen and oxygen atoms in total. The highest BCUT2D eigenvalue weighted by Gasteiger charge is 2.09. The van der Waals surface area contributed by atoms with Gasteiger partial charge < -0.3 is 10.1 Å². The van der Waals surface area contributed by atoms with E-state index in [4.69, 9.17) is 4.74 Å². The summed E-state index contributed by atoms with van der Waals surface area (Å²) < 4.78 is 4.75. The van der Waals surface area contributed by atoms with Gasteiger partial charge in [0.25, 0.3) is 0 Å². The maximum Gasteiger partial charge on any atom is 0.337 e. The number of benzene rings is 1. The zero-order valence-corrected chi connectivity index (χ0v) is 13.4. The molecule has 0 saturated carbocycles. The first-order chi connectivity index (χ1) is 11.7. The van der Waals surface area contributed by atoms with Gasteiger partial charge in [0.1, 0.15) is 0 Å². The Morgan fingerprint density at radius 1 is 1.08 bits per heavy atom. The fourth-order valence-corrected chi connectivity index (χ4v) is 2.22. The first-order valence-electron chi connectivity index (χ1n) is 7.37. The van der Waals surface area contributed by atoms with E-state index in [0.29, 0.717) is 11.5 Å². The van der Waals surface area contributed by atoms with E-state index in [1.807, 2.05) is 31.2 Å². The molecule has 0 aliphatic heterocycles. The summed E-state index contributed by atoms with van der Waals surface area (Å²) in [6.07, 6.45) is 5.12. The number of aryl methyl sites for hydroxylation is 1. The Hall–Kier alpha value is -3.28. The highest BCUT2D eigenvalue weighted by atomic mass is 16.5. The van der Waals surface area contributed by atoms with Crippen molar-refractivity contribution < 1.29 is 9.53 Å². The smallest absolute Gasteiger partial charge is 0.337 e. The van der Waals surface area contributed by atoms with Gasteiger partial charge in [0.15, 0.2) is 0 Å². The van der Waals surface area contributed by atoms with Crippen LogP contribution in [0.1, 0.15) is 15.9 Å². The molecule has 0 amide bonds. The topological polar surface area (TPSA) is 77.0 Å². The average molecular weight is 320 g/mol. The van der Waals surface area contributed by atoms with E-state index in [1.54, 1.807) is 30.7 Å². The molecule has 0 spiro atoms. The van der Waals surface area contributed by atoms with Crippen LogP contribution in [0.2, 0.25) is 0 Å². The second-order valence-corrected chi connectivity index (χ2v) is 5.15. The van der Waals surface area contributed by atoms with Gasteiger partial charge >= 0.3 is 5.97 Å². The molecule has 0 saturated heterocycles.